The summed E-state index contributed by atoms with van der Waals surface area (Å²) in [6.07, 6.45) is 3.47. The number of hydrogen-bond donors (Lipinski definition) is 1. The minimum Gasteiger partial charge on any atom is -0.444 e. The number of anilines is 1. The summed E-state index contributed by atoms with van der Waals surface area (Å²) in [4.78, 5) is 18.5. The molecule has 1 amide bonds. The predicted molar refractivity (Wildman–Crippen MR) is 95.0 cm³/mol. The molecule has 0 spiro atoms. The lowest BCUT2D eigenvalue weighted by Crippen LogP contribution is -2.42. The number of amides is 1. The van der Waals surface area contributed by atoms with Crippen molar-refractivity contribution in [3.05, 3.63) is 24.0 Å². The number of carbonyl (C=O) groups excluding carboxylic acids is 1. The van der Waals surface area contributed by atoms with Crippen LogP contribution in [0.5, 0.6) is 0 Å². The summed E-state index contributed by atoms with van der Waals surface area (Å²) in [6, 6.07) is 4.24. The number of benzene rings is 1. The highest BCUT2D eigenvalue weighted by Gasteiger charge is 2.28. The van der Waals surface area contributed by atoms with E-state index in [1.54, 1.807) is 4.90 Å². The summed E-state index contributed by atoms with van der Waals surface area (Å²) in [5.74, 6) is 0. The minimum atomic E-state index is -0.453. The van der Waals surface area contributed by atoms with Crippen LogP contribution in [0.4, 0.5) is 10.5 Å². The van der Waals surface area contributed by atoms with E-state index in [-0.39, 0.29) is 6.09 Å². The van der Waals surface area contributed by atoms with Crippen LogP contribution in [0.15, 0.2) is 18.5 Å². The summed E-state index contributed by atoms with van der Waals surface area (Å²) in [7, 11) is 0. The van der Waals surface area contributed by atoms with E-state index in [0.717, 1.165) is 35.1 Å². The van der Waals surface area contributed by atoms with Crippen molar-refractivity contribution in [3.8, 4) is 0 Å². The zero-order chi connectivity index (χ0) is 17.5. The van der Waals surface area contributed by atoms with Crippen LogP contribution in [0.3, 0.4) is 0 Å². The Balaban J connectivity index is 1.73. The van der Waals surface area contributed by atoms with E-state index in [9.17, 15) is 4.79 Å². The van der Waals surface area contributed by atoms with Crippen LogP contribution in [0.1, 0.15) is 45.2 Å². The molecule has 1 aliphatic rings. The van der Waals surface area contributed by atoms with E-state index in [4.69, 9.17) is 10.5 Å². The number of aryl methyl sites for hydroxylation is 1. The first-order valence-electron chi connectivity index (χ1n) is 8.45. The standard InChI is InChI=1S/C18H26N4O2/c1-12-9-13(19)10-15-16(12)22(11-20-15)14-5-7-21(8-6-14)17(23)24-18(2,3)4/h9-11,14H,5-8,19H2,1-4H3. The summed E-state index contributed by atoms with van der Waals surface area (Å²) < 4.78 is 7.69. The van der Waals surface area contributed by atoms with Gasteiger partial charge < -0.3 is 19.9 Å². The summed E-state index contributed by atoms with van der Waals surface area (Å²) in [5, 5.41) is 0. The van der Waals surface area contributed by atoms with E-state index < -0.39 is 5.60 Å². The van der Waals surface area contributed by atoms with Crippen LogP contribution in [0.2, 0.25) is 0 Å². The zero-order valence-electron chi connectivity index (χ0n) is 14.9. The maximum absolute atomic E-state index is 12.2. The van der Waals surface area contributed by atoms with Crippen LogP contribution in [0, 0.1) is 6.92 Å². The number of nitrogen functional groups attached to an aromatic ring is 1. The number of nitrogens with zero attached hydrogens (tertiary/aromatic N) is 3. The van der Waals surface area contributed by atoms with Gasteiger partial charge in [-0.25, -0.2) is 9.78 Å². The SMILES string of the molecule is Cc1cc(N)cc2ncn(C3CCN(C(=O)OC(C)(C)C)CC3)c12. The molecule has 6 nitrogen and oxygen atoms in total. The van der Waals surface area contributed by atoms with Crippen LogP contribution >= 0.6 is 0 Å². The van der Waals surface area contributed by atoms with Gasteiger partial charge in [-0.2, -0.15) is 0 Å². The average Bonchev–Trinajstić information content (AvgIpc) is 2.89. The van der Waals surface area contributed by atoms with E-state index in [1.165, 1.54) is 0 Å². The molecule has 3 rings (SSSR count). The van der Waals surface area contributed by atoms with E-state index in [2.05, 4.69) is 16.5 Å². The molecule has 130 valence electrons. The molecule has 2 heterocycles. The largest absolute Gasteiger partial charge is 0.444 e. The fourth-order valence-corrected chi connectivity index (χ4v) is 3.33. The van der Waals surface area contributed by atoms with Crippen molar-refractivity contribution in [1.82, 2.24) is 14.5 Å². The normalized spacial score (nSPS) is 16.6. The summed E-state index contributed by atoms with van der Waals surface area (Å²) in [6.45, 7) is 9.14. The topological polar surface area (TPSA) is 73.4 Å². The third-order valence-corrected chi connectivity index (χ3v) is 4.39. The van der Waals surface area contributed by atoms with Crippen molar-refractivity contribution in [1.29, 1.82) is 0 Å². The van der Waals surface area contributed by atoms with E-state index in [1.807, 2.05) is 39.2 Å². The van der Waals surface area contributed by atoms with Crippen molar-refractivity contribution >= 4 is 22.8 Å². The molecule has 6 heteroatoms. The van der Waals surface area contributed by atoms with Crippen LogP contribution < -0.4 is 5.73 Å². The lowest BCUT2D eigenvalue weighted by atomic mass is 10.0. The van der Waals surface area contributed by atoms with Gasteiger partial charge >= 0.3 is 6.09 Å². The van der Waals surface area contributed by atoms with Crippen molar-refractivity contribution in [2.75, 3.05) is 18.8 Å². The Morgan fingerprint density at radius 1 is 1.29 bits per heavy atom. The monoisotopic (exact) mass is 330 g/mol. The molecule has 0 saturated carbocycles. The molecule has 0 unspecified atom stereocenters. The van der Waals surface area contributed by atoms with Crippen LogP contribution in [0.25, 0.3) is 11.0 Å². The lowest BCUT2D eigenvalue weighted by molar-refractivity contribution is 0.0189. The molecule has 1 aliphatic heterocycles. The lowest BCUT2D eigenvalue weighted by Gasteiger charge is -2.34. The average molecular weight is 330 g/mol. The molecular weight excluding hydrogens is 304 g/mol. The van der Waals surface area contributed by atoms with Crippen LogP contribution in [-0.4, -0.2) is 39.2 Å². The van der Waals surface area contributed by atoms with Crippen molar-refractivity contribution in [2.45, 2.75) is 52.2 Å². The van der Waals surface area contributed by atoms with Gasteiger partial charge in [0, 0.05) is 24.8 Å². The van der Waals surface area contributed by atoms with Gasteiger partial charge in [0.2, 0.25) is 0 Å². The van der Waals surface area contributed by atoms with Crippen molar-refractivity contribution in [3.63, 3.8) is 0 Å². The first-order valence-corrected chi connectivity index (χ1v) is 8.45. The zero-order valence-corrected chi connectivity index (χ0v) is 14.9. The van der Waals surface area contributed by atoms with Gasteiger partial charge in [0.1, 0.15) is 5.60 Å². The summed E-state index contributed by atoms with van der Waals surface area (Å²) >= 11 is 0. The van der Waals surface area contributed by atoms with Gasteiger partial charge in [-0.15, -0.1) is 0 Å². The Kier molecular flexibility index (Phi) is 4.15. The number of piperidine rings is 1. The second kappa shape index (κ2) is 6.00. The highest BCUT2D eigenvalue weighted by Crippen LogP contribution is 2.30. The second-order valence-corrected chi connectivity index (χ2v) is 7.56. The maximum Gasteiger partial charge on any atom is 0.410 e. The number of carbonyl (C=O) groups is 1. The molecule has 1 aromatic carbocycles. The number of ether oxygens (including phenoxy) is 1. The molecule has 2 N–H and O–H groups in total. The number of rotatable bonds is 1. The highest BCUT2D eigenvalue weighted by molar-refractivity contribution is 5.82. The Morgan fingerprint density at radius 2 is 1.96 bits per heavy atom. The Morgan fingerprint density at radius 3 is 2.58 bits per heavy atom. The number of fused-ring (bicyclic) bond motifs is 1. The molecule has 1 saturated heterocycles. The first kappa shape index (κ1) is 16.6. The molecule has 0 radical (unpaired) electrons. The number of likely N-dealkylation sites (tertiary alicyclic amines) is 1. The fourth-order valence-electron chi connectivity index (χ4n) is 3.33. The maximum atomic E-state index is 12.2. The van der Waals surface area contributed by atoms with Gasteiger partial charge in [-0.05, 0) is 58.2 Å². The Hall–Kier alpha value is -2.24. The van der Waals surface area contributed by atoms with Gasteiger partial charge in [-0.1, -0.05) is 0 Å². The molecular formula is C18H26N4O2. The number of nitrogens with two attached hydrogens (primary N) is 1. The first-order chi connectivity index (χ1) is 11.2. The fraction of sp³-hybridized carbons (Fsp3) is 0.556. The third kappa shape index (κ3) is 3.32. The van der Waals surface area contributed by atoms with Crippen molar-refractivity contribution < 1.29 is 9.53 Å². The minimum absolute atomic E-state index is 0.222. The quantitative estimate of drug-likeness (QED) is 0.812. The molecule has 0 aliphatic carbocycles. The molecule has 2 aromatic rings. The smallest absolute Gasteiger partial charge is 0.410 e. The van der Waals surface area contributed by atoms with Gasteiger partial charge in [0.15, 0.2) is 0 Å². The predicted octanol–water partition coefficient (Wildman–Crippen LogP) is 3.50. The summed E-state index contributed by atoms with van der Waals surface area (Å²) in [5.41, 5.74) is 9.40. The van der Waals surface area contributed by atoms with Gasteiger partial charge in [0.25, 0.3) is 0 Å². The molecule has 1 fully saturated rings. The van der Waals surface area contributed by atoms with Crippen LogP contribution in [-0.2, 0) is 4.74 Å². The molecule has 24 heavy (non-hydrogen) atoms. The molecule has 0 bridgehead atoms. The van der Waals surface area contributed by atoms with E-state index >= 15 is 0 Å². The Bertz CT molecular complexity index is 752. The van der Waals surface area contributed by atoms with E-state index in [0.29, 0.717) is 19.1 Å². The number of hydrogen-bond acceptors (Lipinski definition) is 4. The number of imidazole rings is 1. The second-order valence-electron chi connectivity index (χ2n) is 7.56. The molecule has 1 aromatic heterocycles. The molecule has 0 atom stereocenters. The Labute approximate surface area is 142 Å². The highest BCUT2D eigenvalue weighted by atomic mass is 16.6. The van der Waals surface area contributed by atoms with Gasteiger partial charge in [-0.3, -0.25) is 0 Å². The number of aromatic nitrogens is 2. The van der Waals surface area contributed by atoms with Crippen molar-refractivity contribution in [2.24, 2.45) is 0 Å². The van der Waals surface area contributed by atoms with Gasteiger partial charge in [0.05, 0.1) is 17.4 Å². The third-order valence-electron chi connectivity index (χ3n) is 4.39.